The molecule has 2 heterocycles. The summed E-state index contributed by atoms with van der Waals surface area (Å²) in [7, 11) is 0. The second kappa shape index (κ2) is 7.14. The zero-order valence-electron chi connectivity index (χ0n) is 13.6. The highest BCUT2D eigenvalue weighted by molar-refractivity contribution is 9.10. The van der Waals surface area contributed by atoms with E-state index in [4.69, 9.17) is 0 Å². The third kappa shape index (κ3) is 4.11. The molecule has 25 heavy (non-hydrogen) atoms. The van der Waals surface area contributed by atoms with Gasteiger partial charge in [0.15, 0.2) is 0 Å². The van der Waals surface area contributed by atoms with Crippen molar-refractivity contribution >= 4 is 27.8 Å². The Kier molecular flexibility index (Phi) is 4.93. The van der Waals surface area contributed by atoms with E-state index in [0.717, 1.165) is 15.7 Å². The largest absolute Gasteiger partial charge is 0.291 e. The Bertz CT molecular complexity index is 869. The Morgan fingerprint density at radius 2 is 2.04 bits per heavy atom. The minimum absolute atomic E-state index is 0.210. The number of hydrogen-bond donors (Lipinski definition) is 1. The van der Waals surface area contributed by atoms with Crippen LogP contribution >= 0.6 is 15.9 Å². The van der Waals surface area contributed by atoms with Crippen LogP contribution in [0.1, 0.15) is 24.2 Å². The van der Waals surface area contributed by atoms with Crippen LogP contribution in [0.15, 0.2) is 41.3 Å². The number of aryl methyl sites for hydroxylation is 1. The van der Waals surface area contributed by atoms with Crippen LogP contribution < -0.4 is 5.32 Å². The van der Waals surface area contributed by atoms with Crippen molar-refractivity contribution in [1.82, 2.24) is 24.5 Å². The lowest BCUT2D eigenvalue weighted by Crippen LogP contribution is -2.24. The SMILES string of the molecule is Cc1nn(C(C)C(=O)Nc2ncn(Cc3ccc(F)cc3)n2)cc1Br. The van der Waals surface area contributed by atoms with Crippen LogP contribution in [-0.4, -0.2) is 30.5 Å². The van der Waals surface area contributed by atoms with Crippen molar-refractivity contribution in [3.05, 3.63) is 58.3 Å². The standard InChI is InChI=1S/C16H16BrFN6O/c1-10-14(17)8-24(21-10)11(2)15(25)20-16-19-9-23(22-16)7-12-3-5-13(18)6-4-12/h3-6,8-9,11H,7H2,1-2H3,(H,20,22,25). The summed E-state index contributed by atoms with van der Waals surface area (Å²) >= 11 is 3.37. The van der Waals surface area contributed by atoms with Crippen molar-refractivity contribution in [3.8, 4) is 0 Å². The Balaban J connectivity index is 1.64. The Morgan fingerprint density at radius 3 is 2.68 bits per heavy atom. The number of anilines is 1. The number of halogens is 2. The lowest BCUT2D eigenvalue weighted by Gasteiger charge is -2.10. The summed E-state index contributed by atoms with van der Waals surface area (Å²) in [5.41, 5.74) is 1.69. The van der Waals surface area contributed by atoms with Gasteiger partial charge in [0.2, 0.25) is 5.95 Å². The molecule has 0 saturated heterocycles. The van der Waals surface area contributed by atoms with Crippen LogP contribution in [0.3, 0.4) is 0 Å². The van der Waals surface area contributed by atoms with Gasteiger partial charge >= 0.3 is 0 Å². The molecule has 0 aliphatic heterocycles. The lowest BCUT2D eigenvalue weighted by atomic mass is 10.2. The lowest BCUT2D eigenvalue weighted by molar-refractivity contribution is -0.119. The van der Waals surface area contributed by atoms with Crippen molar-refractivity contribution < 1.29 is 9.18 Å². The summed E-state index contributed by atoms with van der Waals surface area (Å²) in [6.07, 6.45) is 3.26. The van der Waals surface area contributed by atoms with Crippen molar-refractivity contribution in [1.29, 1.82) is 0 Å². The summed E-state index contributed by atoms with van der Waals surface area (Å²) in [5, 5.41) is 11.1. The van der Waals surface area contributed by atoms with E-state index in [2.05, 4.69) is 36.4 Å². The van der Waals surface area contributed by atoms with Crippen LogP contribution in [0.4, 0.5) is 10.3 Å². The molecule has 0 radical (unpaired) electrons. The maximum absolute atomic E-state index is 12.9. The minimum Gasteiger partial charge on any atom is -0.291 e. The first-order valence-corrected chi connectivity index (χ1v) is 8.37. The molecule has 0 spiro atoms. The molecule has 0 aliphatic rings. The highest BCUT2D eigenvalue weighted by Gasteiger charge is 2.18. The second-order valence-corrected chi connectivity index (χ2v) is 6.45. The fourth-order valence-electron chi connectivity index (χ4n) is 2.20. The van der Waals surface area contributed by atoms with Crippen molar-refractivity contribution in [2.45, 2.75) is 26.4 Å². The Morgan fingerprint density at radius 1 is 1.32 bits per heavy atom. The number of aromatic nitrogens is 5. The van der Waals surface area contributed by atoms with Gasteiger partial charge in [-0.25, -0.2) is 14.1 Å². The molecule has 3 rings (SSSR count). The third-order valence-corrected chi connectivity index (χ3v) is 4.44. The fraction of sp³-hybridized carbons (Fsp3) is 0.250. The third-order valence-electron chi connectivity index (χ3n) is 3.66. The predicted molar refractivity (Wildman–Crippen MR) is 93.5 cm³/mol. The molecule has 1 N–H and O–H groups in total. The average Bonchev–Trinajstić information content (AvgIpc) is 3.15. The van der Waals surface area contributed by atoms with Crippen LogP contribution in [0, 0.1) is 12.7 Å². The molecule has 9 heteroatoms. The van der Waals surface area contributed by atoms with Gasteiger partial charge in [0.25, 0.3) is 5.91 Å². The molecule has 7 nitrogen and oxygen atoms in total. The fourth-order valence-corrected chi connectivity index (χ4v) is 2.49. The van der Waals surface area contributed by atoms with Crippen molar-refractivity contribution in [2.24, 2.45) is 0 Å². The maximum Gasteiger partial charge on any atom is 0.251 e. The quantitative estimate of drug-likeness (QED) is 0.706. The summed E-state index contributed by atoms with van der Waals surface area (Å²) in [5.74, 6) is -0.346. The van der Waals surface area contributed by atoms with Crippen LogP contribution in [0.2, 0.25) is 0 Å². The van der Waals surface area contributed by atoms with Crippen LogP contribution in [0.25, 0.3) is 0 Å². The minimum atomic E-state index is -0.506. The highest BCUT2D eigenvalue weighted by Crippen LogP contribution is 2.17. The van der Waals surface area contributed by atoms with E-state index in [9.17, 15) is 9.18 Å². The van der Waals surface area contributed by atoms with E-state index in [-0.39, 0.29) is 17.7 Å². The smallest absolute Gasteiger partial charge is 0.251 e. The van der Waals surface area contributed by atoms with E-state index >= 15 is 0 Å². The van der Waals surface area contributed by atoms with Crippen molar-refractivity contribution in [3.63, 3.8) is 0 Å². The summed E-state index contributed by atoms with van der Waals surface area (Å²) in [4.78, 5) is 16.4. The highest BCUT2D eigenvalue weighted by atomic mass is 79.9. The second-order valence-electron chi connectivity index (χ2n) is 5.60. The van der Waals surface area contributed by atoms with E-state index in [0.29, 0.717) is 6.54 Å². The van der Waals surface area contributed by atoms with Gasteiger partial charge in [-0.2, -0.15) is 5.10 Å². The van der Waals surface area contributed by atoms with E-state index in [1.807, 2.05) is 6.92 Å². The molecule has 2 aromatic heterocycles. The predicted octanol–water partition coefficient (Wildman–Crippen LogP) is 2.93. The molecule has 0 saturated carbocycles. The molecule has 0 fully saturated rings. The van der Waals surface area contributed by atoms with E-state index in [1.165, 1.54) is 18.5 Å². The zero-order chi connectivity index (χ0) is 18.0. The number of nitrogens with zero attached hydrogens (tertiary/aromatic N) is 5. The van der Waals surface area contributed by atoms with Gasteiger partial charge in [-0.1, -0.05) is 12.1 Å². The maximum atomic E-state index is 12.9. The number of rotatable bonds is 5. The molecule has 0 bridgehead atoms. The number of amides is 1. The molecule has 0 aliphatic carbocycles. The van der Waals surface area contributed by atoms with Gasteiger partial charge in [0.05, 0.1) is 16.7 Å². The van der Waals surface area contributed by atoms with Crippen molar-refractivity contribution in [2.75, 3.05) is 5.32 Å². The molecule has 1 aromatic carbocycles. The first kappa shape index (κ1) is 17.3. The molecule has 130 valence electrons. The number of benzene rings is 1. The normalized spacial score (nSPS) is 12.2. The number of carbonyl (C=O) groups excluding carboxylic acids is 1. The van der Waals surface area contributed by atoms with Crippen LogP contribution in [-0.2, 0) is 11.3 Å². The van der Waals surface area contributed by atoms with Gasteiger partial charge in [-0.05, 0) is 47.5 Å². The number of hydrogen-bond acceptors (Lipinski definition) is 4. The summed E-state index contributed by atoms with van der Waals surface area (Å²) in [6, 6.07) is 5.63. The molecular formula is C16H16BrFN6O. The molecule has 1 amide bonds. The molecule has 1 atom stereocenters. The van der Waals surface area contributed by atoms with Gasteiger partial charge in [-0.15, -0.1) is 5.10 Å². The average molecular weight is 407 g/mol. The first-order chi connectivity index (χ1) is 11.9. The van der Waals surface area contributed by atoms with Crippen LogP contribution in [0.5, 0.6) is 0 Å². The Hall–Kier alpha value is -2.55. The van der Waals surface area contributed by atoms with Gasteiger partial charge in [0.1, 0.15) is 18.2 Å². The Labute approximate surface area is 152 Å². The first-order valence-electron chi connectivity index (χ1n) is 7.58. The molecule has 3 aromatic rings. The monoisotopic (exact) mass is 406 g/mol. The van der Waals surface area contributed by atoms with Gasteiger partial charge in [0, 0.05) is 6.20 Å². The summed E-state index contributed by atoms with van der Waals surface area (Å²) in [6.45, 7) is 4.03. The summed E-state index contributed by atoms with van der Waals surface area (Å²) < 4.78 is 16.9. The van der Waals surface area contributed by atoms with Gasteiger partial charge in [-0.3, -0.25) is 14.8 Å². The van der Waals surface area contributed by atoms with E-state index in [1.54, 1.807) is 34.6 Å². The van der Waals surface area contributed by atoms with Gasteiger partial charge < -0.3 is 0 Å². The molecular weight excluding hydrogens is 391 g/mol. The number of nitrogens with one attached hydrogen (secondary N) is 1. The molecule has 1 unspecified atom stereocenters. The van der Waals surface area contributed by atoms with E-state index < -0.39 is 6.04 Å². The zero-order valence-corrected chi connectivity index (χ0v) is 15.2. The topological polar surface area (TPSA) is 77.6 Å². The number of carbonyl (C=O) groups is 1.